The molecule has 1 atom stereocenters. The summed E-state index contributed by atoms with van der Waals surface area (Å²) < 4.78 is 38.9. The third-order valence-corrected chi connectivity index (χ3v) is 5.50. The molecule has 30 heavy (non-hydrogen) atoms. The topological polar surface area (TPSA) is 46.2 Å². The first-order valence-electron chi connectivity index (χ1n) is 9.40. The predicted molar refractivity (Wildman–Crippen MR) is 107 cm³/mol. The highest BCUT2D eigenvalue weighted by Gasteiger charge is 2.44. The number of nitrogens with one attached hydrogen (secondary N) is 1. The largest absolute Gasteiger partial charge is 0.416 e. The molecule has 3 aromatic carbocycles. The van der Waals surface area contributed by atoms with E-state index in [1.54, 1.807) is 55.5 Å². The molecule has 1 amide bonds. The van der Waals surface area contributed by atoms with Gasteiger partial charge in [0.2, 0.25) is 5.91 Å². The van der Waals surface area contributed by atoms with E-state index in [0.717, 1.165) is 17.7 Å². The molecule has 1 aliphatic rings. The minimum Gasteiger partial charge on any atom is -0.325 e. The first-order chi connectivity index (χ1) is 14.2. The number of alkyl halides is 3. The Balaban J connectivity index is 1.59. The molecule has 0 saturated carbocycles. The van der Waals surface area contributed by atoms with E-state index in [2.05, 4.69) is 5.32 Å². The average molecular weight is 409 g/mol. The minimum absolute atomic E-state index is 0.100. The van der Waals surface area contributed by atoms with Gasteiger partial charge in [0.05, 0.1) is 11.0 Å². The summed E-state index contributed by atoms with van der Waals surface area (Å²) in [5.74, 6) is -0.446. The molecule has 0 saturated heterocycles. The van der Waals surface area contributed by atoms with Gasteiger partial charge in [0.25, 0.3) is 0 Å². The fraction of sp³-hybridized carbons (Fsp3) is 0.167. The van der Waals surface area contributed by atoms with Gasteiger partial charge in [0, 0.05) is 16.8 Å². The molecule has 4 rings (SSSR count). The summed E-state index contributed by atoms with van der Waals surface area (Å²) in [7, 11) is 0. The number of rotatable bonds is 4. The van der Waals surface area contributed by atoms with Crippen LogP contribution >= 0.6 is 0 Å². The number of fused-ring (bicyclic) bond motifs is 1. The maximum atomic E-state index is 13.0. The van der Waals surface area contributed by atoms with Gasteiger partial charge in [0.15, 0.2) is 5.78 Å². The van der Waals surface area contributed by atoms with E-state index in [1.165, 1.54) is 6.07 Å². The van der Waals surface area contributed by atoms with E-state index in [-0.39, 0.29) is 17.4 Å². The number of amides is 1. The standard InChI is InChI=1S/C24H18F3NO2/c1-23(19-12-11-18(24(25,26)27)13-20(19)28-22(23)30)14-15-7-9-17(10-8-15)21(29)16-5-3-2-4-6-16/h2-13H,14H2,1H3,(H,28,30). The normalized spacial score (nSPS) is 18.1. The summed E-state index contributed by atoms with van der Waals surface area (Å²) in [6, 6.07) is 19.2. The highest BCUT2D eigenvalue weighted by Crippen LogP contribution is 2.42. The molecule has 1 N–H and O–H groups in total. The van der Waals surface area contributed by atoms with Crippen LogP contribution in [-0.4, -0.2) is 11.7 Å². The lowest BCUT2D eigenvalue weighted by Crippen LogP contribution is -2.33. The zero-order valence-electron chi connectivity index (χ0n) is 16.1. The van der Waals surface area contributed by atoms with Crippen molar-refractivity contribution in [2.75, 3.05) is 5.32 Å². The smallest absolute Gasteiger partial charge is 0.325 e. The molecule has 3 aromatic rings. The SMILES string of the molecule is CC1(Cc2ccc(C(=O)c3ccccc3)cc2)C(=O)Nc2cc(C(F)(F)F)ccc21. The van der Waals surface area contributed by atoms with Crippen LogP contribution in [0, 0.1) is 0 Å². The lowest BCUT2D eigenvalue weighted by atomic mass is 9.78. The Morgan fingerprint density at radius 1 is 0.933 bits per heavy atom. The summed E-state index contributed by atoms with van der Waals surface area (Å²) in [5.41, 5.74) is 0.852. The number of benzene rings is 3. The maximum absolute atomic E-state index is 13.0. The molecule has 1 aliphatic heterocycles. The van der Waals surface area contributed by atoms with Gasteiger partial charge in [-0.05, 0) is 36.6 Å². The first kappa shape index (κ1) is 19.9. The van der Waals surface area contributed by atoms with Crippen LogP contribution < -0.4 is 5.32 Å². The number of anilines is 1. The Hall–Kier alpha value is -3.41. The molecule has 0 radical (unpaired) electrons. The van der Waals surface area contributed by atoms with E-state index >= 15 is 0 Å². The molecule has 152 valence electrons. The number of halogens is 3. The van der Waals surface area contributed by atoms with Gasteiger partial charge in [-0.15, -0.1) is 0 Å². The first-order valence-corrected chi connectivity index (χ1v) is 9.40. The number of hydrogen-bond donors (Lipinski definition) is 1. The van der Waals surface area contributed by atoms with E-state index in [0.29, 0.717) is 23.1 Å². The average Bonchev–Trinajstić information content (AvgIpc) is 2.97. The molecule has 0 bridgehead atoms. The quantitative estimate of drug-likeness (QED) is 0.588. The number of carbonyl (C=O) groups is 2. The van der Waals surface area contributed by atoms with Crippen molar-refractivity contribution in [3.05, 3.63) is 101 Å². The van der Waals surface area contributed by atoms with Crippen molar-refractivity contribution in [3.8, 4) is 0 Å². The van der Waals surface area contributed by atoms with Crippen LogP contribution in [0.5, 0.6) is 0 Å². The summed E-state index contributed by atoms with van der Waals surface area (Å²) in [6.07, 6.45) is -4.17. The zero-order valence-corrected chi connectivity index (χ0v) is 16.1. The molecule has 0 spiro atoms. The summed E-state index contributed by atoms with van der Waals surface area (Å²) >= 11 is 0. The summed E-state index contributed by atoms with van der Waals surface area (Å²) in [5, 5.41) is 2.58. The third kappa shape index (κ3) is 3.49. The Morgan fingerprint density at radius 3 is 2.20 bits per heavy atom. The van der Waals surface area contributed by atoms with Gasteiger partial charge in [-0.3, -0.25) is 9.59 Å². The van der Waals surface area contributed by atoms with Crippen LogP contribution in [0.4, 0.5) is 18.9 Å². The van der Waals surface area contributed by atoms with Gasteiger partial charge >= 0.3 is 6.18 Å². The van der Waals surface area contributed by atoms with Gasteiger partial charge in [0.1, 0.15) is 0 Å². The van der Waals surface area contributed by atoms with Crippen molar-refractivity contribution in [1.82, 2.24) is 0 Å². The Bertz CT molecular complexity index is 1120. The third-order valence-electron chi connectivity index (χ3n) is 5.50. The van der Waals surface area contributed by atoms with Crippen LogP contribution in [0.2, 0.25) is 0 Å². The lowest BCUT2D eigenvalue weighted by molar-refractivity contribution is -0.137. The summed E-state index contributed by atoms with van der Waals surface area (Å²) in [6.45, 7) is 1.71. The van der Waals surface area contributed by atoms with E-state index in [9.17, 15) is 22.8 Å². The molecular formula is C24H18F3NO2. The van der Waals surface area contributed by atoms with Crippen LogP contribution in [0.25, 0.3) is 0 Å². The molecule has 1 unspecified atom stereocenters. The second-order valence-corrected chi connectivity index (χ2v) is 7.61. The molecule has 0 aromatic heterocycles. The van der Waals surface area contributed by atoms with Crippen molar-refractivity contribution in [2.24, 2.45) is 0 Å². The molecule has 1 heterocycles. The van der Waals surface area contributed by atoms with E-state index in [1.807, 2.05) is 6.07 Å². The number of ketones is 1. The zero-order chi connectivity index (χ0) is 21.5. The number of hydrogen-bond acceptors (Lipinski definition) is 2. The fourth-order valence-electron chi connectivity index (χ4n) is 3.80. The Morgan fingerprint density at radius 2 is 1.57 bits per heavy atom. The van der Waals surface area contributed by atoms with Crippen molar-refractivity contribution < 1.29 is 22.8 Å². The van der Waals surface area contributed by atoms with Gasteiger partial charge in [-0.25, -0.2) is 0 Å². The van der Waals surface area contributed by atoms with E-state index < -0.39 is 17.2 Å². The van der Waals surface area contributed by atoms with Crippen LogP contribution in [0.3, 0.4) is 0 Å². The molecular weight excluding hydrogens is 391 g/mol. The second-order valence-electron chi connectivity index (χ2n) is 7.61. The minimum atomic E-state index is -4.47. The van der Waals surface area contributed by atoms with Gasteiger partial charge in [-0.2, -0.15) is 13.2 Å². The highest BCUT2D eigenvalue weighted by atomic mass is 19.4. The van der Waals surface area contributed by atoms with Gasteiger partial charge in [-0.1, -0.05) is 60.7 Å². The highest BCUT2D eigenvalue weighted by molar-refractivity contribution is 6.09. The predicted octanol–water partition coefficient (Wildman–Crippen LogP) is 5.39. The van der Waals surface area contributed by atoms with Crippen LogP contribution in [0.1, 0.15) is 39.5 Å². The fourth-order valence-corrected chi connectivity index (χ4v) is 3.80. The van der Waals surface area contributed by atoms with Gasteiger partial charge < -0.3 is 5.32 Å². The van der Waals surface area contributed by atoms with Crippen molar-refractivity contribution >= 4 is 17.4 Å². The van der Waals surface area contributed by atoms with Crippen LogP contribution in [0.15, 0.2) is 72.8 Å². The van der Waals surface area contributed by atoms with Crippen molar-refractivity contribution in [3.63, 3.8) is 0 Å². The van der Waals surface area contributed by atoms with Crippen molar-refractivity contribution in [2.45, 2.75) is 24.9 Å². The Kier molecular flexibility index (Phi) is 4.73. The van der Waals surface area contributed by atoms with Crippen molar-refractivity contribution in [1.29, 1.82) is 0 Å². The molecule has 0 aliphatic carbocycles. The molecule has 3 nitrogen and oxygen atoms in total. The van der Waals surface area contributed by atoms with Crippen LogP contribution in [-0.2, 0) is 22.8 Å². The van der Waals surface area contributed by atoms with E-state index in [4.69, 9.17) is 0 Å². The maximum Gasteiger partial charge on any atom is 0.416 e. The lowest BCUT2D eigenvalue weighted by Gasteiger charge is -2.22. The second kappa shape index (κ2) is 7.13. The Labute approximate surface area is 171 Å². The summed E-state index contributed by atoms with van der Waals surface area (Å²) in [4.78, 5) is 25.2. The number of carbonyl (C=O) groups excluding carboxylic acids is 2. The molecule has 0 fully saturated rings. The molecule has 6 heteroatoms. The monoisotopic (exact) mass is 409 g/mol.